The van der Waals surface area contributed by atoms with Gasteiger partial charge in [-0.3, -0.25) is 0 Å². The van der Waals surface area contributed by atoms with Gasteiger partial charge in [0.05, 0.1) is 6.10 Å². The molecule has 0 aliphatic carbocycles. The van der Waals surface area contributed by atoms with Gasteiger partial charge >= 0.3 is 6.18 Å². The molecule has 6 heteroatoms. The van der Waals surface area contributed by atoms with Gasteiger partial charge < -0.3 is 10.1 Å². The third-order valence-electron chi connectivity index (χ3n) is 2.08. The molecule has 1 aliphatic rings. The van der Waals surface area contributed by atoms with Crippen LogP contribution in [0.15, 0.2) is 0 Å². The average Bonchev–Trinajstić information content (AvgIpc) is 2.03. The van der Waals surface area contributed by atoms with Crippen molar-refractivity contribution in [3.63, 3.8) is 0 Å². The van der Waals surface area contributed by atoms with Crippen LogP contribution in [0, 0.1) is 0 Å². The van der Waals surface area contributed by atoms with E-state index in [4.69, 9.17) is 4.74 Å². The molecule has 1 saturated heterocycles. The third-order valence-corrected chi connectivity index (χ3v) is 2.08. The predicted molar refractivity (Wildman–Crippen MR) is 45.1 cm³/mol. The Morgan fingerprint density at radius 2 is 2.00 bits per heavy atom. The minimum absolute atomic E-state index is 0. The summed E-state index contributed by atoms with van der Waals surface area (Å²) in [6, 6.07) is -1.39. The van der Waals surface area contributed by atoms with E-state index in [2.05, 4.69) is 5.32 Å². The first kappa shape index (κ1) is 13.0. The number of hydrogen-bond acceptors (Lipinski definition) is 2. The highest BCUT2D eigenvalue weighted by molar-refractivity contribution is 5.85. The largest absolute Gasteiger partial charge is 0.403 e. The molecule has 0 aromatic heterocycles. The van der Waals surface area contributed by atoms with Crippen molar-refractivity contribution in [2.24, 2.45) is 0 Å². The van der Waals surface area contributed by atoms with Crippen LogP contribution in [0.4, 0.5) is 13.2 Å². The Kier molecular flexibility index (Phi) is 5.02. The quantitative estimate of drug-likeness (QED) is 0.726. The van der Waals surface area contributed by atoms with Crippen molar-refractivity contribution in [2.75, 3.05) is 13.7 Å². The van der Waals surface area contributed by atoms with Crippen LogP contribution >= 0.6 is 12.4 Å². The molecule has 0 saturated carbocycles. The maximum absolute atomic E-state index is 12.1. The zero-order valence-electron chi connectivity index (χ0n) is 7.23. The van der Waals surface area contributed by atoms with Crippen LogP contribution < -0.4 is 5.32 Å². The van der Waals surface area contributed by atoms with Gasteiger partial charge in [0.1, 0.15) is 6.04 Å². The van der Waals surface area contributed by atoms with Crippen LogP contribution in [0.2, 0.25) is 0 Å². The van der Waals surface area contributed by atoms with Crippen molar-refractivity contribution in [3.8, 4) is 0 Å². The molecule has 1 N–H and O–H groups in total. The van der Waals surface area contributed by atoms with Crippen LogP contribution in [0.25, 0.3) is 0 Å². The van der Waals surface area contributed by atoms with Crippen molar-refractivity contribution in [3.05, 3.63) is 0 Å². The summed E-state index contributed by atoms with van der Waals surface area (Å²) in [7, 11) is 1.45. The fraction of sp³-hybridized carbons (Fsp3) is 1.00. The smallest absolute Gasteiger partial charge is 0.381 e. The van der Waals surface area contributed by atoms with Crippen molar-refractivity contribution >= 4 is 12.4 Å². The van der Waals surface area contributed by atoms with E-state index in [1.165, 1.54) is 7.11 Å². The normalized spacial score (nSPS) is 29.5. The van der Waals surface area contributed by atoms with E-state index < -0.39 is 12.2 Å². The van der Waals surface area contributed by atoms with Gasteiger partial charge in [-0.05, 0) is 19.4 Å². The van der Waals surface area contributed by atoms with Gasteiger partial charge in [-0.2, -0.15) is 13.2 Å². The first-order chi connectivity index (χ1) is 5.54. The molecule has 0 radical (unpaired) electrons. The predicted octanol–water partition coefficient (Wildman–Crippen LogP) is 1.74. The first-order valence-electron chi connectivity index (χ1n) is 3.87. The second-order valence-electron chi connectivity index (χ2n) is 2.93. The molecule has 0 spiro atoms. The topological polar surface area (TPSA) is 21.3 Å². The summed E-state index contributed by atoms with van der Waals surface area (Å²) in [5.74, 6) is 0. The number of ether oxygens (including phenoxy) is 1. The highest BCUT2D eigenvalue weighted by Crippen LogP contribution is 2.26. The van der Waals surface area contributed by atoms with E-state index in [0.717, 1.165) is 0 Å². The minimum atomic E-state index is -4.14. The second-order valence-corrected chi connectivity index (χ2v) is 2.93. The first-order valence-corrected chi connectivity index (χ1v) is 3.87. The molecule has 0 unspecified atom stereocenters. The van der Waals surface area contributed by atoms with Gasteiger partial charge in [-0.1, -0.05) is 0 Å². The SMILES string of the molecule is CO[C@H]1CCN[C@@H](C(F)(F)F)C1.Cl. The molecular weight excluding hydrogens is 207 g/mol. The lowest BCUT2D eigenvalue weighted by atomic mass is 10.0. The Morgan fingerprint density at radius 3 is 2.46 bits per heavy atom. The summed E-state index contributed by atoms with van der Waals surface area (Å²) in [4.78, 5) is 0. The van der Waals surface area contributed by atoms with E-state index in [-0.39, 0.29) is 24.9 Å². The van der Waals surface area contributed by atoms with Crippen molar-refractivity contribution in [1.82, 2.24) is 5.32 Å². The van der Waals surface area contributed by atoms with E-state index in [1.54, 1.807) is 0 Å². The van der Waals surface area contributed by atoms with Crippen LogP contribution in [0.3, 0.4) is 0 Å². The number of piperidine rings is 1. The maximum atomic E-state index is 12.1. The standard InChI is InChI=1S/C7H12F3NO.ClH/c1-12-5-2-3-11-6(4-5)7(8,9)10;/h5-6,11H,2-4H2,1H3;1H/t5-,6+;/m0./s1. The van der Waals surface area contributed by atoms with Gasteiger partial charge in [0.2, 0.25) is 0 Å². The Balaban J connectivity index is 0.00000144. The molecule has 1 rings (SSSR count). The van der Waals surface area contributed by atoms with E-state index in [1.807, 2.05) is 0 Å². The van der Waals surface area contributed by atoms with Crippen LogP contribution in [-0.4, -0.2) is 32.0 Å². The maximum Gasteiger partial charge on any atom is 0.403 e. The molecule has 0 aromatic rings. The zero-order chi connectivity index (χ0) is 9.19. The second kappa shape index (κ2) is 5.02. The molecule has 1 aliphatic heterocycles. The fourth-order valence-electron chi connectivity index (χ4n) is 1.35. The minimum Gasteiger partial charge on any atom is -0.381 e. The Hall–Kier alpha value is -0.0000000000000000555. The summed E-state index contributed by atoms with van der Waals surface area (Å²) in [6.07, 6.45) is -3.71. The molecule has 0 bridgehead atoms. The molecule has 2 nitrogen and oxygen atoms in total. The van der Waals surface area contributed by atoms with Crippen LogP contribution in [0.1, 0.15) is 12.8 Å². The number of methoxy groups -OCH3 is 1. The third kappa shape index (κ3) is 3.70. The zero-order valence-corrected chi connectivity index (χ0v) is 8.04. The average molecular weight is 220 g/mol. The summed E-state index contributed by atoms with van der Waals surface area (Å²) in [5.41, 5.74) is 0. The molecular formula is C7H13ClF3NO. The molecule has 13 heavy (non-hydrogen) atoms. The van der Waals surface area contributed by atoms with Crippen LogP contribution in [-0.2, 0) is 4.74 Å². The lowest BCUT2D eigenvalue weighted by Gasteiger charge is -2.30. The molecule has 1 fully saturated rings. The van der Waals surface area contributed by atoms with Gasteiger partial charge in [-0.25, -0.2) is 0 Å². The molecule has 80 valence electrons. The van der Waals surface area contributed by atoms with E-state index in [0.29, 0.717) is 13.0 Å². The Bertz CT molecular complexity index is 153. The lowest BCUT2D eigenvalue weighted by Crippen LogP contribution is -2.49. The monoisotopic (exact) mass is 219 g/mol. The highest BCUT2D eigenvalue weighted by atomic mass is 35.5. The number of hydrogen-bond donors (Lipinski definition) is 1. The lowest BCUT2D eigenvalue weighted by molar-refractivity contribution is -0.168. The fourth-order valence-corrected chi connectivity index (χ4v) is 1.35. The van der Waals surface area contributed by atoms with Crippen molar-refractivity contribution in [2.45, 2.75) is 31.2 Å². The van der Waals surface area contributed by atoms with Crippen molar-refractivity contribution < 1.29 is 17.9 Å². The number of alkyl halides is 3. The van der Waals surface area contributed by atoms with Gasteiger partial charge in [-0.15, -0.1) is 12.4 Å². The van der Waals surface area contributed by atoms with Gasteiger partial charge in [0.15, 0.2) is 0 Å². The Morgan fingerprint density at radius 1 is 1.38 bits per heavy atom. The van der Waals surface area contributed by atoms with Crippen molar-refractivity contribution in [1.29, 1.82) is 0 Å². The molecule has 0 amide bonds. The van der Waals surface area contributed by atoms with Gasteiger partial charge in [0.25, 0.3) is 0 Å². The number of rotatable bonds is 1. The summed E-state index contributed by atoms with van der Waals surface area (Å²) >= 11 is 0. The summed E-state index contributed by atoms with van der Waals surface area (Å²) in [5, 5.41) is 2.42. The molecule has 0 aromatic carbocycles. The molecule has 1 heterocycles. The molecule has 2 atom stereocenters. The number of nitrogens with one attached hydrogen (secondary N) is 1. The van der Waals surface area contributed by atoms with E-state index >= 15 is 0 Å². The summed E-state index contributed by atoms with van der Waals surface area (Å²) < 4.78 is 41.3. The van der Waals surface area contributed by atoms with E-state index in [9.17, 15) is 13.2 Å². The van der Waals surface area contributed by atoms with Gasteiger partial charge in [0, 0.05) is 7.11 Å². The van der Waals surface area contributed by atoms with Crippen LogP contribution in [0.5, 0.6) is 0 Å². The Labute approximate surface area is 81.2 Å². The summed E-state index contributed by atoms with van der Waals surface area (Å²) in [6.45, 7) is 0.378. The highest BCUT2D eigenvalue weighted by Gasteiger charge is 2.42. The number of halogens is 4.